The Balaban J connectivity index is 1.80. The summed E-state index contributed by atoms with van der Waals surface area (Å²) >= 11 is 9.59. The molecule has 1 aromatic carbocycles. The van der Waals surface area contributed by atoms with Crippen LogP contribution in [-0.2, 0) is 6.54 Å². The summed E-state index contributed by atoms with van der Waals surface area (Å²) in [7, 11) is 0. The first-order chi connectivity index (χ1) is 9.52. The number of nitrogens with one attached hydrogen (secondary N) is 1. The van der Waals surface area contributed by atoms with Crippen molar-refractivity contribution in [3.8, 4) is 0 Å². The lowest BCUT2D eigenvalue weighted by atomic mass is 9.78. The van der Waals surface area contributed by atoms with Crippen molar-refractivity contribution in [3.05, 3.63) is 33.3 Å². The largest absolute Gasteiger partial charge is 0.389 e. The molecular formula is C16H23BrClNO. The van der Waals surface area contributed by atoms with E-state index < -0.39 is 5.60 Å². The minimum atomic E-state index is -0.534. The molecule has 0 aliphatic heterocycles. The first-order valence-corrected chi connectivity index (χ1v) is 8.56. The lowest BCUT2D eigenvalue weighted by Gasteiger charge is -2.36. The van der Waals surface area contributed by atoms with Crippen molar-refractivity contribution in [2.45, 2.75) is 51.2 Å². The van der Waals surface area contributed by atoms with E-state index in [4.69, 9.17) is 11.6 Å². The van der Waals surface area contributed by atoms with Crippen molar-refractivity contribution in [3.63, 3.8) is 0 Å². The van der Waals surface area contributed by atoms with E-state index in [9.17, 15) is 5.11 Å². The number of hydrogen-bond donors (Lipinski definition) is 2. The second-order valence-electron chi connectivity index (χ2n) is 5.92. The fourth-order valence-electron chi connectivity index (χ4n) is 2.89. The molecule has 1 aliphatic carbocycles. The van der Waals surface area contributed by atoms with Gasteiger partial charge in [0.15, 0.2) is 0 Å². The average Bonchev–Trinajstić information content (AvgIpc) is 2.42. The molecule has 0 heterocycles. The van der Waals surface area contributed by atoms with Crippen molar-refractivity contribution in [2.24, 2.45) is 5.92 Å². The number of hydrogen-bond acceptors (Lipinski definition) is 2. The van der Waals surface area contributed by atoms with Crippen molar-refractivity contribution in [2.75, 3.05) is 6.54 Å². The molecule has 2 N–H and O–H groups in total. The third-order valence-corrected chi connectivity index (χ3v) is 5.24. The smallest absolute Gasteiger partial charge is 0.0771 e. The Morgan fingerprint density at radius 2 is 2.10 bits per heavy atom. The molecule has 0 aromatic heterocycles. The predicted molar refractivity (Wildman–Crippen MR) is 88.1 cm³/mol. The maximum Gasteiger partial charge on any atom is 0.0771 e. The molecule has 0 bridgehead atoms. The molecule has 20 heavy (non-hydrogen) atoms. The highest BCUT2D eigenvalue weighted by atomic mass is 79.9. The number of rotatable bonds is 5. The van der Waals surface area contributed by atoms with Gasteiger partial charge < -0.3 is 10.4 Å². The molecule has 2 rings (SSSR count). The molecular weight excluding hydrogens is 338 g/mol. The van der Waals surface area contributed by atoms with E-state index in [1.807, 2.05) is 18.2 Å². The van der Waals surface area contributed by atoms with Crippen LogP contribution in [0.4, 0.5) is 0 Å². The molecule has 0 amide bonds. The maximum atomic E-state index is 10.6. The molecule has 0 spiro atoms. The van der Waals surface area contributed by atoms with E-state index in [2.05, 4.69) is 28.2 Å². The van der Waals surface area contributed by atoms with Crippen molar-refractivity contribution in [1.29, 1.82) is 0 Å². The highest BCUT2D eigenvalue weighted by Gasteiger charge is 2.32. The Kier molecular flexibility index (Phi) is 5.91. The van der Waals surface area contributed by atoms with Gasteiger partial charge in [-0.1, -0.05) is 46.9 Å². The second-order valence-corrected chi connectivity index (χ2v) is 7.24. The Morgan fingerprint density at radius 1 is 1.40 bits per heavy atom. The number of benzene rings is 1. The summed E-state index contributed by atoms with van der Waals surface area (Å²) in [6.45, 7) is 3.59. The van der Waals surface area contributed by atoms with E-state index in [0.717, 1.165) is 46.7 Å². The molecule has 0 saturated heterocycles. The molecule has 112 valence electrons. The van der Waals surface area contributed by atoms with E-state index >= 15 is 0 Å². The molecule has 1 aromatic rings. The zero-order chi connectivity index (χ0) is 14.6. The first-order valence-electron chi connectivity index (χ1n) is 7.39. The van der Waals surface area contributed by atoms with Crippen LogP contribution in [0.5, 0.6) is 0 Å². The summed E-state index contributed by atoms with van der Waals surface area (Å²) in [4.78, 5) is 0. The Labute approximate surface area is 135 Å². The van der Waals surface area contributed by atoms with Crippen LogP contribution >= 0.6 is 27.5 Å². The van der Waals surface area contributed by atoms with Crippen molar-refractivity contribution < 1.29 is 5.11 Å². The third kappa shape index (κ3) is 4.45. The van der Waals surface area contributed by atoms with Crippen LogP contribution in [0.15, 0.2) is 22.7 Å². The maximum absolute atomic E-state index is 10.6. The molecule has 0 radical (unpaired) electrons. The van der Waals surface area contributed by atoms with Gasteiger partial charge in [-0.25, -0.2) is 0 Å². The number of aliphatic hydroxyl groups is 1. The van der Waals surface area contributed by atoms with Crippen LogP contribution in [0.2, 0.25) is 5.02 Å². The van der Waals surface area contributed by atoms with E-state index in [0.29, 0.717) is 13.1 Å². The normalized spacial score (nSPS) is 26.7. The highest BCUT2D eigenvalue weighted by molar-refractivity contribution is 9.10. The van der Waals surface area contributed by atoms with Gasteiger partial charge in [-0.05, 0) is 49.3 Å². The standard InChI is InChI=1S/C16H23BrClNO/c1-2-12-5-7-16(20,8-6-12)11-19-10-13-3-4-14(17)9-15(13)18/h3-4,9,12,19-20H,2,5-8,10-11H2,1H3. The monoisotopic (exact) mass is 359 g/mol. The van der Waals surface area contributed by atoms with Crippen LogP contribution in [0.1, 0.15) is 44.6 Å². The van der Waals surface area contributed by atoms with Crippen LogP contribution in [0.3, 0.4) is 0 Å². The van der Waals surface area contributed by atoms with Crippen LogP contribution in [0, 0.1) is 5.92 Å². The SMILES string of the molecule is CCC1CCC(O)(CNCc2ccc(Br)cc2Cl)CC1. The Hall–Kier alpha value is -0.0900. The van der Waals surface area contributed by atoms with Gasteiger partial charge in [-0.3, -0.25) is 0 Å². The van der Waals surface area contributed by atoms with Crippen molar-refractivity contribution in [1.82, 2.24) is 5.32 Å². The Morgan fingerprint density at radius 3 is 2.70 bits per heavy atom. The second kappa shape index (κ2) is 7.26. The summed E-state index contributed by atoms with van der Waals surface area (Å²) in [5.74, 6) is 0.802. The van der Waals surface area contributed by atoms with Crippen molar-refractivity contribution >= 4 is 27.5 Å². The molecule has 1 saturated carbocycles. The van der Waals surface area contributed by atoms with Gasteiger partial charge in [0.2, 0.25) is 0 Å². The summed E-state index contributed by atoms with van der Waals surface area (Å²) in [6, 6.07) is 5.90. The van der Waals surface area contributed by atoms with Gasteiger partial charge in [-0.2, -0.15) is 0 Å². The highest BCUT2D eigenvalue weighted by Crippen LogP contribution is 2.33. The van der Waals surface area contributed by atoms with Gasteiger partial charge in [0.1, 0.15) is 0 Å². The fraction of sp³-hybridized carbons (Fsp3) is 0.625. The van der Waals surface area contributed by atoms with Gasteiger partial charge in [-0.15, -0.1) is 0 Å². The fourth-order valence-corrected chi connectivity index (χ4v) is 3.64. The van der Waals surface area contributed by atoms with Gasteiger partial charge in [0.25, 0.3) is 0 Å². The predicted octanol–water partition coefficient (Wildman–Crippen LogP) is 4.52. The third-order valence-electron chi connectivity index (χ3n) is 4.40. The van der Waals surface area contributed by atoms with Gasteiger partial charge >= 0.3 is 0 Å². The molecule has 4 heteroatoms. The Bertz CT molecular complexity index is 444. The van der Waals surface area contributed by atoms with E-state index in [-0.39, 0.29) is 0 Å². The molecule has 0 atom stereocenters. The summed E-state index contributed by atoms with van der Waals surface area (Å²) in [6.07, 6.45) is 5.35. The quantitative estimate of drug-likeness (QED) is 0.809. The zero-order valence-electron chi connectivity index (χ0n) is 12.0. The van der Waals surface area contributed by atoms with Gasteiger partial charge in [0.05, 0.1) is 5.60 Å². The zero-order valence-corrected chi connectivity index (χ0v) is 14.3. The summed E-state index contributed by atoms with van der Waals surface area (Å²) < 4.78 is 0.989. The summed E-state index contributed by atoms with van der Waals surface area (Å²) in [5.41, 5.74) is 0.536. The summed E-state index contributed by atoms with van der Waals surface area (Å²) in [5, 5.41) is 14.7. The van der Waals surface area contributed by atoms with Crippen LogP contribution in [-0.4, -0.2) is 17.3 Å². The molecule has 1 aliphatic rings. The minimum absolute atomic E-state index is 0.534. The topological polar surface area (TPSA) is 32.3 Å². The van der Waals surface area contributed by atoms with Crippen LogP contribution < -0.4 is 5.32 Å². The molecule has 2 nitrogen and oxygen atoms in total. The van der Waals surface area contributed by atoms with Gasteiger partial charge in [0, 0.05) is 22.6 Å². The van der Waals surface area contributed by atoms with Crippen LogP contribution in [0.25, 0.3) is 0 Å². The average molecular weight is 361 g/mol. The lowest BCUT2D eigenvalue weighted by Crippen LogP contribution is -2.43. The molecule has 1 fully saturated rings. The number of halogens is 2. The van der Waals surface area contributed by atoms with E-state index in [1.165, 1.54) is 6.42 Å². The first kappa shape index (κ1) is 16.3. The lowest BCUT2D eigenvalue weighted by molar-refractivity contribution is -0.00881. The molecule has 0 unspecified atom stereocenters. The van der Waals surface area contributed by atoms with E-state index in [1.54, 1.807) is 0 Å². The minimum Gasteiger partial charge on any atom is -0.389 e.